The van der Waals surface area contributed by atoms with Gasteiger partial charge in [0.1, 0.15) is 0 Å². The van der Waals surface area contributed by atoms with Crippen molar-refractivity contribution in [2.24, 2.45) is 0 Å². The van der Waals surface area contributed by atoms with Crippen molar-refractivity contribution >= 4 is 22.5 Å². The first kappa shape index (κ1) is 18.3. The number of hydrogen-bond acceptors (Lipinski definition) is 2. The maximum absolute atomic E-state index is 11.5. The highest BCUT2D eigenvalue weighted by Crippen LogP contribution is 2.39. The fourth-order valence-corrected chi connectivity index (χ4v) is 3.81. The van der Waals surface area contributed by atoms with E-state index >= 15 is 0 Å². The second-order valence-corrected chi connectivity index (χ2v) is 7.38. The van der Waals surface area contributed by atoms with Crippen LogP contribution in [-0.4, -0.2) is 16.5 Å². The third kappa shape index (κ3) is 3.51. The number of benzene rings is 3. The molecule has 0 radical (unpaired) electrons. The molecule has 0 amide bonds. The van der Waals surface area contributed by atoms with Crippen molar-refractivity contribution in [2.75, 3.05) is 6.54 Å². The number of halogens is 1. The Kier molecular flexibility index (Phi) is 4.88. The van der Waals surface area contributed by atoms with Crippen molar-refractivity contribution in [3.05, 3.63) is 105 Å². The molecule has 0 aliphatic heterocycles. The molecule has 4 nitrogen and oxygen atoms in total. The van der Waals surface area contributed by atoms with Gasteiger partial charge < -0.3 is 4.98 Å². The van der Waals surface area contributed by atoms with E-state index in [1.807, 2.05) is 43.3 Å². The normalized spacial score (nSPS) is 12.2. The van der Waals surface area contributed by atoms with Crippen LogP contribution in [0, 0.1) is 17.0 Å². The Morgan fingerprint density at radius 3 is 2.36 bits per heavy atom. The predicted molar refractivity (Wildman–Crippen MR) is 114 cm³/mol. The molecule has 28 heavy (non-hydrogen) atoms. The molecule has 0 saturated carbocycles. The van der Waals surface area contributed by atoms with Crippen molar-refractivity contribution in [1.29, 1.82) is 0 Å². The van der Waals surface area contributed by atoms with E-state index in [2.05, 4.69) is 29.2 Å². The van der Waals surface area contributed by atoms with E-state index in [9.17, 15) is 10.1 Å². The molecule has 1 N–H and O–H groups in total. The number of aromatic nitrogens is 1. The smallest absolute Gasteiger partial charge is 0.214 e. The van der Waals surface area contributed by atoms with Crippen LogP contribution in [-0.2, 0) is 0 Å². The van der Waals surface area contributed by atoms with Gasteiger partial charge in [0.2, 0.25) is 6.54 Å². The molecule has 0 aliphatic rings. The summed E-state index contributed by atoms with van der Waals surface area (Å²) in [4.78, 5) is 14.8. The van der Waals surface area contributed by atoms with Gasteiger partial charge in [0, 0.05) is 20.8 Å². The Hall–Kier alpha value is -3.11. The van der Waals surface area contributed by atoms with E-state index in [0.717, 1.165) is 33.3 Å². The second kappa shape index (κ2) is 7.49. The topological polar surface area (TPSA) is 58.9 Å². The lowest BCUT2D eigenvalue weighted by Crippen LogP contribution is -2.14. The lowest BCUT2D eigenvalue weighted by atomic mass is 9.87. The summed E-state index contributed by atoms with van der Waals surface area (Å²) in [6, 6.07) is 23.5. The summed E-state index contributed by atoms with van der Waals surface area (Å²) < 4.78 is 0. The Morgan fingerprint density at radius 2 is 1.68 bits per heavy atom. The molecule has 5 heteroatoms. The van der Waals surface area contributed by atoms with E-state index in [1.165, 1.54) is 5.56 Å². The van der Waals surface area contributed by atoms with Gasteiger partial charge in [-0.15, -0.1) is 0 Å². The molecule has 0 aliphatic carbocycles. The molecule has 140 valence electrons. The number of nitrogens with zero attached hydrogens (tertiary/aromatic N) is 1. The zero-order valence-electron chi connectivity index (χ0n) is 15.4. The minimum absolute atomic E-state index is 0.192. The van der Waals surface area contributed by atoms with Crippen LogP contribution in [0.25, 0.3) is 22.2 Å². The minimum atomic E-state index is -0.389. The van der Waals surface area contributed by atoms with Crippen molar-refractivity contribution in [3.63, 3.8) is 0 Å². The number of aryl methyl sites for hydroxylation is 1. The van der Waals surface area contributed by atoms with E-state index < -0.39 is 0 Å². The average Bonchev–Trinajstić information content (AvgIpc) is 3.06. The summed E-state index contributed by atoms with van der Waals surface area (Å²) in [5.41, 5.74) is 5.89. The summed E-state index contributed by atoms with van der Waals surface area (Å²) in [5.74, 6) is -0.389. The summed E-state index contributed by atoms with van der Waals surface area (Å²) in [6.07, 6.45) is 0. The van der Waals surface area contributed by atoms with Crippen LogP contribution in [0.1, 0.15) is 22.6 Å². The Morgan fingerprint density at radius 1 is 1.00 bits per heavy atom. The number of para-hydroxylation sites is 1. The Balaban J connectivity index is 1.97. The molecule has 0 bridgehead atoms. The van der Waals surface area contributed by atoms with Gasteiger partial charge in [-0.05, 0) is 41.8 Å². The van der Waals surface area contributed by atoms with Gasteiger partial charge in [-0.3, -0.25) is 10.1 Å². The molecule has 1 atom stereocenters. The number of nitrogens with one attached hydrogen (secondary N) is 1. The van der Waals surface area contributed by atoms with Crippen LogP contribution in [0.3, 0.4) is 0 Å². The largest absolute Gasteiger partial charge is 0.354 e. The maximum Gasteiger partial charge on any atom is 0.214 e. The first-order chi connectivity index (χ1) is 13.5. The van der Waals surface area contributed by atoms with Gasteiger partial charge in [0.25, 0.3) is 0 Å². The van der Waals surface area contributed by atoms with Crippen molar-refractivity contribution in [2.45, 2.75) is 12.8 Å². The van der Waals surface area contributed by atoms with Gasteiger partial charge in [0.15, 0.2) is 0 Å². The molecule has 0 spiro atoms. The Labute approximate surface area is 167 Å². The monoisotopic (exact) mass is 390 g/mol. The van der Waals surface area contributed by atoms with Crippen LogP contribution >= 0.6 is 11.6 Å². The van der Waals surface area contributed by atoms with Crippen LogP contribution in [0.5, 0.6) is 0 Å². The zero-order chi connectivity index (χ0) is 19.7. The number of rotatable bonds is 5. The van der Waals surface area contributed by atoms with Crippen LogP contribution < -0.4 is 0 Å². The van der Waals surface area contributed by atoms with Gasteiger partial charge >= 0.3 is 0 Å². The predicted octanol–water partition coefficient (Wildman–Crippen LogP) is 6.21. The highest BCUT2D eigenvalue weighted by atomic mass is 35.5. The molecule has 4 rings (SSSR count). The second-order valence-electron chi connectivity index (χ2n) is 6.94. The molecule has 0 unspecified atom stereocenters. The summed E-state index contributed by atoms with van der Waals surface area (Å²) in [5, 5.41) is 13.2. The van der Waals surface area contributed by atoms with Crippen molar-refractivity contribution in [3.8, 4) is 11.3 Å². The quantitative estimate of drug-likeness (QED) is 0.325. The first-order valence-electron chi connectivity index (χ1n) is 9.08. The molecular weight excluding hydrogens is 372 g/mol. The highest BCUT2D eigenvalue weighted by Gasteiger charge is 2.27. The van der Waals surface area contributed by atoms with Gasteiger partial charge in [-0.25, -0.2) is 0 Å². The zero-order valence-corrected chi connectivity index (χ0v) is 16.1. The SMILES string of the molecule is Cc1ccc(-c2[nH]c3ccccc3c2[C@H](C[N+](=O)[O-])c2ccc(Cl)cc2)cc1. The fraction of sp³-hybridized carbons (Fsp3) is 0.130. The molecule has 1 aromatic heterocycles. The van der Waals surface area contributed by atoms with E-state index in [0.29, 0.717) is 5.02 Å². The number of nitro groups is 1. The lowest BCUT2D eigenvalue weighted by Gasteiger charge is -2.16. The Bertz CT molecular complexity index is 1130. The van der Waals surface area contributed by atoms with Gasteiger partial charge in [-0.1, -0.05) is 71.8 Å². The van der Waals surface area contributed by atoms with Crippen LogP contribution in [0.4, 0.5) is 0 Å². The fourth-order valence-electron chi connectivity index (χ4n) is 3.68. The molecule has 0 saturated heterocycles. The number of hydrogen-bond donors (Lipinski definition) is 1. The molecular formula is C23H19ClN2O2. The first-order valence-corrected chi connectivity index (χ1v) is 9.45. The minimum Gasteiger partial charge on any atom is -0.354 e. The summed E-state index contributed by atoms with van der Waals surface area (Å²) in [7, 11) is 0. The third-order valence-corrected chi connectivity index (χ3v) is 5.29. The molecule has 1 heterocycles. The number of fused-ring (bicyclic) bond motifs is 1. The van der Waals surface area contributed by atoms with Crippen LogP contribution in [0.15, 0.2) is 72.8 Å². The summed E-state index contributed by atoms with van der Waals surface area (Å²) in [6.45, 7) is 1.85. The van der Waals surface area contributed by atoms with Crippen LogP contribution in [0.2, 0.25) is 5.02 Å². The molecule has 4 aromatic rings. The summed E-state index contributed by atoms with van der Waals surface area (Å²) >= 11 is 6.04. The van der Waals surface area contributed by atoms with Crippen molar-refractivity contribution in [1.82, 2.24) is 4.98 Å². The highest BCUT2D eigenvalue weighted by molar-refractivity contribution is 6.30. The third-order valence-electron chi connectivity index (χ3n) is 5.04. The van der Waals surface area contributed by atoms with E-state index in [4.69, 9.17) is 11.6 Å². The molecule has 3 aromatic carbocycles. The van der Waals surface area contributed by atoms with Gasteiger partial charge in [-0.2, -0.15) is 0 Å². The average molecular weight is 391 g/mol. The maximum atomic E-state index is 11.5. The number of aromatic amines is 1. The van der Waals surface area contributed by atoms with Crippen molar-refractivity contribution < 1.29 is 4.92 Å². The lowest BCUT2D eigenvalue weighted by molar-refractivity contribution is -0.481. The number of H-pyrrole nitrogens is 1. The van der Waals surface area contributed by atoms with E-state index in [-0.39, 0.29) is 17.4 Å². The van der Waals surface area contributed by atoms with E-state index in [1.54, 1.807) is 12.1 Å². The standard InChI is InChI=1S/C23H19ClN2O2/c1-15-6-8-17(9-7-15)23-22(19-4-2-3-5-21(19)25-23)20(14-26(27)28)16-10-12-18(24)13-11-16/h2-13,20,25H,14H2,1H3/t20-/m1/s1. The van der Waals surface area contributed by atoms with Gasteiger partial charge in [0.05, 0.1) is 11.6 Å². The molecule has 0 fully saturated rings.